The van der Waals surface area contributed by atoms with E-state index in [1.165, 1.54) is 0 Å². The number of aryl methyl sites for hydroxylation is 1. The van der Waals surface area contributed by atoms with Crippen molar-refractivity contribution in [2.75, 3.05) is 6.61 Å². The molecule has 0 aliphatic rings. The van der Waals surface area contributed by atoms with Crippen molar-refractivity contribution in [2.24, 2.45) is 0 Å². The maximum Gasteiger partial charge on any atom is 0.251 e. The fourth-order valence-electron chi connectivity index (χ4n) is 4.36. The molecule has 194 valence electrons. The van der Waals surface area contributed by atoms with E-state index < -0.39 is 0 Å². The molecule has 0 spiro atoms. The lowest BCUT2D eigenvalue weighted by molar-refractivity contribution is -0.133. The Kier molecular flexibility index (Phi) is 9.27. The molecule has 0 aliphatic carbocycles. The predicted octanol–water partition coefficient (Wildman–Crippen LogP) is 6.29. The van der Waals surface area contributed by atoms with Gasteiger partial charge in [0.05, 0.1) is 23.7 Å². The molecule has 0 fully saturated rings. The normalized spacial score (nSPS) is 12.1. The van der Waals surface area contributed by atoms with Gasteiger partial charge in [0.15, 0.2) is 0 Å². The van der Waals surface area contributed by atoms with Gasteiger partial charge in [0, 0.05) is 17.4 Å². The number of unbranched alkanes of at least 4 members (excludes halogenated alkanes) is 3. The molecule has 7 nitrogen and oxygen atoms in total. The van der Waals surface area contributed by atoms with E-state index in [4.69, 9.17) is 9.82 Å². The molecule has 7 heteroatoms. The van der Waals surface area contributed by atoms with Gasteiger partial charge in [0.2, 0.25) is 5.91 Å². The van der Waals surface area contributed by atoms with Crippen molar-refractivity contribution < 1.29 is 14.4 Å². The van der Waals surface area contributed by atoms with Crippen molar-refractivity contribution in [3.8, 4) is 0 Å². The highest BCUT2D eigenvalue weighted by molar-refractivity contribution is 6.04. The van der Waals surface area contributed by atoms with Crippen LogP contribution in [0, 0.1) is 6.92 Å². The van der Waals surface area contributed by atoms with Crippen LogP contribution in [-0.4, -0.2) is 28.4 Å². The van der Waals surface area contributed by atoms with Crippen molar-refractivity contribution >= 4 is 33.6 Å². The number of hydrogen-bond acceptors (Lipinski definition) is 4. The summed E-state index contributed by atoms with van der Waals surface area (Å²) in [6, 6.07) is 19.6. The summed E-state index contributed by atoms with van der Waals surface area (Å²) >= 11 is 0. The second-order valence-electron chi connectivity index (χ2n) is 9.52. The van der Waals surface area contributed by atoms with Crippen LogP contribution in [0.25, 0.3) is 21.8 Å². The van der Waals surface area contributed by atoms with Gasteiger partial charge in [-0.1, -0.05) is 74.2 Å². The number of aromatic nitrogens is 2. The topological polar surface area (TPSA) is 96.1 Å². The van der Waals surface area contributed by atoms with Crippen LogP contribution in [0.2, 0.25) is 0 Å². The average Bonchev–Trinajstić information content (AvgIpc) is 3.35. The van der Waals surface area contributed by atoms with Crippen LogP contribution in [0.3, 0.4) is 0 Å². The largest absolute Gasteiger partial charge is 0.342 e. The lowest BCUT2D eigenvalue weighted by Gasteiger charge is -2.17. The van der Waals surface area contributed by atoms with E-state index in [2.05, 4.69) is 40.9 Å². The van der Waals surface area contributed by atoms with Gasteiger partial charge < -0.3 is 10.3 Å². The van der Waals surface area contributed by atoms with Gasteiger partial charge in [0.25, 0.3) is 5.91 Å². The molecule has 1 aromatic heterocycles. The molecular formula is C30H36N4O3. The minimum absolute atomic E-state index is 0.0931. The summed E-state index contributed by atoms with van der Waals surface area (Å²) in [7, 11) is 0. The number of amides is 2. The highest BCUT2D eigenvalue weighted by Crippen LogP contribution is 2.27. The molecule has 0 bridgehead atoms. The quantitative estimate of drug-likeness (QED) is 0.148. The van der Waals surface area contributed by atoms with E-state index in [9.17, 15) is 9.59 Å². The maximum absolute atomic E-state index is 13.1. The zero-order chi connectivity index (χ0) is 26.0. The second kappa shape index (κ2) is 13.0. The Morgan fingerprint density at radius 2 is 1.78 bits per heavy atom. The first-order valence-electron chi connectivity index (χ1n) is 13.2. The summed E-state index contributed by atoms with van der Waals surface area (Å²) < 4.78 is 0. The summed E-state index contributed by atoms with van der Waals surface area (Å²) in [4.78, 5) is 38.6. The number of benzene rings is 3. The molecule has 2 amide bonds. The third-order valence-electron chi connectivity index (χ3n) is 6.53. The highest BCUT2D eigenvalue weighted by Gasteiger charge is 2.20. The van der Waals surface area contributed by atoms with Crippen molar-refractivity contribution in [2.45, 2.75) is 64.8 Å². The third-order valence-corrected chi connectivity index (χ3v) is 6.53. The standard InChI is InChI=1S/C30H36N4O3/c1-3-4-20-37-34-27(35)13-7-5-6-12-26(32-30(36)23-16-14-21(2)15-17-23)29-31-25-19-18-22-10-8-9-11-24(22)28(25)33-29/h8-11,14-19,26H,3-7,12-13,20H2,1-2H3,(H,31,33)(H,32,36)(H,34,35)/t26-/m0/s1. The SMILES string of the molecule is CCCCONC(=O)CCCCC[C@H](NC(=O)c1ccc(C)cc1)c1nc2c(ccc3ccccc32)[nH]1. The van der Waals surface area contributed by atoms with E-state index in [0.29, 0.717) is 25.0 Å². The molecule has 37 heavy (non-hydrogen) atoms. The lowest BCUT2D eigenvalue weighted by Crippen LogP contribution is -2.29. The number of fused-ring (bicyclic) bond motifs is 3. The molecule has 1 atom stereocenters. The lowest BCUT2D eigenvalue weighted by atomic mass is 10.1. The number of nitrogens with zero attached hydrogens (tertiary/aromatic N) is 1. The molecule has 0 saturated carbocycles. The van der Waals surface area contributed by atoms with E-state index >= 15 is 0 Å². The number of imidazole rings is 1. The molecule has 4 rings (SSSR count). The summed E-state index contributed by atoms with van der Waals surface area (Å²) in [6.07, 6.45) is 5.55. The fourth-order valence-corrected chi connectivity index (χ4v) is 4.36. The molecular weight excluding hydrogens is 464 g/mol. The molecule has 0 aliphatic heterocycles. The van der Waals surface area contributed by atoms with Crippen LogP contribution in [0.15, 0.2) is 60.7 Å². The molecule has 0 unspecified atom stereocenters. The smallest absolute Gasteiger partial charge is 0.251 e. The van der Waals surface area contributed by atoms with Crippen molar-refractivity contribution in [3.63, 3.8) is 0 Å². The Morgan fingerprint density at radius 1 is 0.973 bits per heavy atom. The predicted molar refractivity (Wildman–Crippen MR) is 147 cm³/mol. The first kappa shape index (κ1) is 26.4. The number of rotatable bonds is 13. The molecule has 0 saturated heterocycles. The van der Waals surface area contributed by atoms with Crippen LogP contribution < -0.4 is 10.8 Å². The Bertz CT molecular complexity index is 1330. The van der Waals surface area contributed by atoms with Crippen molar-refractivity contribution in [3.05, 3.63) is 77.6 Å². The monoisotopic (exact) mass is 500 g/mol. The summed E-state index contributed by atoms with van der Waals surface area (Å²) in [5, 5.41) is 5.40. The maximum atomic E-state index is 13.1. The van der Waals surface area contributed by atoms with Gasteiger partial charge in [-0.3, -0.25) is 14.4 Å². The molecule has 3 N–H and O–H groups in total. The van der Waals surface area contributed by atoms with Gasteiger partial charge in [0.1, 0.15) is 5.82 Å². The molecule has 4 aromatic rings. The van der Waals surface area contributed by atoms with Crippen molar-refractivity contribution in [1.29, 1.82) is 0 Å². The van der Waals surface area contributed by atoms with E-state index in [1.54, 1.807) is 0 Å². The number of hydrogen-bond donors (Lipinski definition) is 3. The van der Waals surface area contributed by atoms with Gasteiger partial charge in [-0.25, -0.2) is 10.5 Å². The first-order valence-corrected chi connectivity index (χ1v) is 13.2. The zero-order valence-corrected chi connectivity index (χ0v) is 21.7. The summed E-state index contributed by atoms with van der Waals surface area (Å²) in [6.45, 7) is 4.62. The van der Waals surface area contributed by atoms with Crippen LogP contribution >= 0.6 is 0 Å². The molecule has 3 aromatic carbocycles. The van der Waals surface area contributed by atoms with E-state index in [1.807, 2.05) is 49.4 Å². The zero-order valence-electron chi connectivity index (χ0n) is 21.7. The number of H-pyrrole nitrogens is 1. The second-order valence-corrected chi connectivity index (χ2v) is 9.52. The van der Waals surface area contributed by atoms with Crippen LogP contribution in [0.1, 0.15) is 79.7 Å². The Balaban J connectivity index is 1.42. The fraction of sp³-hybridized carbons (Fsp3) is 0.367. The average molecular weight is 501 g/mol. The van der Waals surface area contributed by atoms with Gasteiger partial charge in [-0.05, 0) is 49.8 Å². The van der Waals surface area contributed by atoms with Crippen LogP contribution in [0.5, 0.6) is 0 Å². The van der Waals surface area contributed by atoms with Gasteiger partial charge in [-0.15, -0.1) is 0 Å². The number of hydroxylamine groups is 1. The van der Waals surface area contributed by atoms with Crippen molar-refractivity contribution in [1.82, 2.24) is 20.8 Å². The highest BCUT2D eigenvalue weighted by atomic mass is 16.6. The minimum atomic E-state index is -0.272. The number of nitrogens with one attached hydrogen (secondary N) is 3. The minimum Gasteiger partial charge on any atom is -0.342 e. The first-order chi connectivity index (χ1) is 18.0. The Morgan fingerprint density at radius 3 is 2.59 bits per heavy atom. The Hall–Kier alpha value is -3.71. The van der Waals surface area contributed by atoms with Crippen LogP contribution in [-0.2, 0) is 9.63 Å². The number of aromatic amines is 1. The Labute approximate surface area is 218 Å². The summed E-state index contributed by atoms with van der Waals surface area (Å²) in [5.41, 5.74) is 6.09. The van der Waals surface area contributed by atoms with Crippen LogP contribution in [0.4, 0.5) is 0 Å². The molecule has 0 radical (unpaired) electrons. The van der Waals surface area contributed by atoms with Gasteiger partial charge in [-0.2, -0.15) is 0 Å². The van der Waals surface area contributed by atoms with Gasteiger partial charge >= 0.3 is 0 Å². The third kappa shape index (κ3) is 7.17. The molecule has 1 heterocycles. The summed E-state index contributed by atoms with van der Waals surface area (Å²) in [5.74, 6) is 0.525. The number of carbonyl (C=O) groups is 2. The number of carbonyl (C=O) groups excluding carboxylic acids is 2. The van der Waals surface area contributed by atoms with E-state index in [0.717, 1.165) is 65.3 Å². The van der Waals surface area contributed by atoms with E-state index in [-0.39, 0.29) is 17.9 Å².